The lowest BCUT2D eigenvalue weighted by Crippen LogP contribution is -2.01. The molecule has 3 aromatic rings. The van der Waals surface area contributed by atoms with E-state index in [2.05, 4.69) is 27.5 Å². The molecule has 0 aliphatic heterocycles. The van der Waals surface area contributed by atoms with Crippen molar-refractivity contribution < 1.29 is 8.81 Å². The van der Waals surface area contributed by atoms with Gasteiger partial charge in [0.25, 0.3) is 0 Å². The number of benzene rings is 1. The van der Waals surface area contributed by atoms with Gasteiger partial charge in [0.15, 0.2) is 0 Å². The van der Waals surface area contributed by atoms with Crippen LogP contribution in [0.25, 0.3) is 0 Å². The van der Waals surface area contributed by atoms with Crippen molar-refractivity contribution in [2.24, 2.45) is 7.05 Å². The maximum atomic E-state index is 13.2. The van der Waals surface area contributed by atoms with Crippen LogP contribution in [0.2, 0.25) is 0 Å². The zero-order valence-corrected chi connectivity index (χ0v) is 13.1. The Morgan fingerprint density at radius 2 is 2.17 bits per heavy atom. The molecule has 0 atom stereocenters. The maximum absolute atomic E-state index is 13.2. The fraction of sp³-hybridized carbons (Fsp3) is 0.312. The lowest BCUT2D eigenvalue weighted by atomic mass is 10.1. The third kappa shape index (κ3) is 3.74. The van der Waals surface area contributed by atoms with Gasteiger partial charge in [-0.3, -0.25) is 4.68 Å². The Bertz CT molecular complexity index is 795. The predicted molar refractivity (Wildman–Crippen MR) is 83.4 cm³/mol. The van der Waals surface area contributed by atoms with E-state index in [1.54, 1.807) is 10.7 Å². The van der Waals surface area contributed by atoms with Crippen molar-refractivity contribution in [2.45, 2.75) is 26.3 Å². The third-order valence-corrected chi connectivity index (χ3v) is 3.47. The molecule has 3 rings (SSSR count). The van der Waals surface area contributed by atoms with Gasteiger partial charge in [0.05, 0.1) is 12.1 Å². The van der Waals surface area contributed by atoms with Crippen molar-refractivity contribution in [3.05, 3.63) is 59.0 Å². The Kier molecular flexibility index (Phi) is 4.36. The molecule has 120 valence electrons. The fourth-order valence-corrected chi connectivity index (χ4v) is 2.42. The molecule has 0 saturated heterocycles. The summed E-state index contributed by atoms with van der Waals surface area (Å²) in [6, 6.07) is 6.70. The summed E-state index contributed by atoms with van der Waals surface area (Å²) >= 11 is 0. The van der Waals surface area contributed by atoms with Crippen LogP contribution in [0.4, 0.5) is 10.4 Å². The molecule has 2 heterocycles. The lowest BCUT2D eigenvalue weighted by Gasteiger charge is -2.00. The van der Waals surface area contributed by atoms with Gasteiger partial charge >= 0.3 is 6.01 Å². The molecular weight excluding hydrogens is 297 g/mol. The van der Waals surface area contributed by atoms with Crippen LogP contribution in [0.15, 0.2) is 34.9 Å². The topological polar surface area (TPSA) is 68.8 Å². The second kappa shape index (κ2) is 6.60. The molecule has 23 heavy (non-hydrogen) atoms. The second-order valence-electron chi connectivity index (χ2n) is 5.29. The first-order valence-electron chi connectivity index (χ1n) is 7.46. The molecule has 0 saturated carbocycles. The number of halogens is 1. The minimum Gasteiger partial charge on any atom is -0.408 e. The minimum absolute atomic E-state index is 0.274. The first kappa shape index (κ1) is 15.2. The molecule has 0 amide bonds. The van der Waals surface area contributed by atoms with E-state index in [0.29, 0.717) is 24.9 Å². The first-order chi connectivity index (χ1) is 11.1. The van der Waals surface area contributed by atoms with Gasteiger partial charge < -0.3 is 9.73 Å². The van der Waals surface area contributed by atoms with Gasteiger partial charge in [-0.25, -0.2) is 4.39 Å². The van der Waals surface area contributed by atoms with E-state index in [9.17, 15) is 4.39 Å². The van der Waals surface area contributed by atoms with Gasteiger partial charge in [-0.2, -0.15) is 5.10 Å². The highest BCUT2D eigenvalue weighted by atomic mass is 19.1. The zero-order valence-electron chi connectivity index (χ0n) is 13.1. The summed E-state index contributed by atoms with van der Waals surface area (Å²) in [5.41, 5.74) is 2.93. The molecule has 2 aromatic heterocycles. The summed E-state index contributed by atoms with van der Waals surface area (Å²) in [5.74, 6) is 0.170. The summed E-state index contributed by atoms with van der Waals surface area (Å²) in [7, 11) is 1.90. The molecular formula is C16H18FN5O. The lowest BCUT2D eigenvalue weighted by molar-refractivity contribution is 0.515. The van der Waals surface area contributed by atoms with Gasteiger partial charge in [-0.05, 0) is 24.1 Å². The number of anilines is 1. The normalized spacial score (nSPS) is 10.9. The van der Waals surface area contributed by atoms with Crippen molar-refractivity contribution in [2.75, 3.05) is 5.32 Å². The Hall–Kier alpha value is -2.70. The number of nitrogens with zero attached hydrogens (tertiary/aromatic N) is 4. The Morgan fingerprint density at radius 3 is 2.96 bits per heavy atom. The Labute approximate surface area is 133 Å². The van der Waals surface area contributed by atoms with Crippen LogP contribution < -0.4 is 5.32 Å². The van der Waals surface area contributed by atoms with Crippen molar-refractivity contribution in [3.63, 3.8) is 0 Å². The molecule has 0 fully saturated rings. The molecule has 1 N–H and O–H groups in total. The van der Waals surface area contributed by atoms with Crippen LogP contribution in [-0.2, 0) is 26.4 Å². The van der Waals surface area contributed by atoms with E-state index in [1.807, 2.05) is 19.3 Å². The van der Waals surface area contributed by atoms with Gasteiger partial charge in [0.1, 0.15) is 5.82 Å². The quantitative estimate of drug-likeness (QED) is 0.757. The molecule has 0 aliphatic rings. The third-order valence-electron chi connectivity index (χ3n) is 3.47. The monoisotopic (exact) mass is 315 g/mol. The Morgan fingerprint density at radius 1 is 1.30 bits per heavy atom. The average Bonchev–Trinajstić information content (AvgIpc) is 3.11. The van der Waals surface area contributed by atoms with Crippen molar-refractivity contribution >= 4 is 6.01 Å². The van der Waals surface area contributed by atoms with Crippen LogP contribution in [0, 0.1) is 5.82 Å². The minimum atomic E-state index is -0.274. The van der Waals surface area contributed by atoms with Crippen molar-refractivity contribution in [1.29, 1.82) is 0 Å². The molecule has 0 aliphatic carbocycles. The molecule has 1 aromatic carbocycles. The van der Waals surface area contributed by atoms with Gasteiger partial charge in [0, 0.05) is 25.4 Å². The standard InChI is InChI=1S/C16H18FN5O/c1-3-14-12(10-22(2)21-14)9-18-16-20-19-15(23-16)8-11-5-4-6-13(17)7-11/h4-7,10H,3,8-9H2,1-2H3,(H,18,20). The van der Waals surface area contributed by atoms with Crippen molar-refractivity contribution in [1.82, 2.24) is 20.0 Å². The second-order valence-corrected chi connectivity index (χ2v) is 5.29. The number of aromatic nitrogens is 4. The summed E-state index contributed by atoms with van der Waals surface area (Å²) in [5, 5.41) is 15.4. The summed E-state index contributed by atoms with van der Waals surface area (Å²) in [6.07, 6.45) is 3.24. The maximum Gasteiger partial charge on any atom is 0.315 e. The van der Waals surface area contributed by atoms with E-state index in [-0.39, 0.29) is 5.82 Å². The first-order valence-corrected chi connectivity index (χ1v) is 7.46. The summed E-state index contributed by atoms with van der Waals surface area (Å²) < 4.78 is 20.5. The molecule has 0 radical (unpaired) electrons. The number of nitrogens with one attached hydrogen (secondary N) is 1. The number of rotatable bonds is 6. The van der Waals surface area contributed by atoms with E-state index >= 15 is 0 Å². The van der Waals surface area contributed by atoms with Gasteiger partial charge in [0.2, 0.25) is 5.89 Å². The number of aryl methyl sites for hydroxylation is 2. The fourth-order valence-electron chi connectivity index (χ4n) is 2.42. The Balaban J connectivity index is 1.63. The van der Waals surface area contributed by atoms with Gasteiger partial charge in [-0.1, -0.05) is 24.2 Å². The smallest absolute Gasteiger partial charge is 0.315 e. The van der Waals surface area contributed by atoms with E-state index in [0.717, 1.165) is 23.2 Å². The molecule has 0 bridgehead atoms. The number of hydrogen-bond donors (Lipinski definition) is 1. The molecule has 0 spiro atoms. The average molecular weight is 315 g/mol. The van der Waals surface area contributed by atoms with E-state index in [4.69, 9.17) is 4.42 Å². The molecule has 6 nitrogen and oxygen atoms in total. The molecule has 0 unspecified atom stereocenters. The summed E-state index contributed by atoms with van der Waals surface area (Å²) in [4.78, 5) is 0. The van der Waals surface area contributed by atoms with Gasteiger partial charge in [-0.15, -0.1) is 5.10 Å². The molecule has 7 heteroatoms. The highest BCUT2D eigenvalue weighted by molar-refractivity contribution is 5.26. The number of hydrogen-bond acceptors (Lipinski definition) is 5. The predicted octanol–water partition coefficient (Wildman–Crippen LogP) is 2.71. The van der Waals surface area contributed by atoms with E-state index in [1.165, 1.54) is 12.1 Å². The van der Waals surface area contributed by atoms with Crippen LogP contribution in [-0.4, -0.2) is 20.0 Å². The highest BCUT2D eigenvalue weighted by Crippen LogP contribution is 2.14. The summed E-state index contributed by atoms with van der Waals surface area (Å²) in [6.45, 7) is 2.63. The van der Waals surface area contributed by atoms with Crippen LogP contribution in [0.5, 0.6) is 0 Å². The largest absolute Gasteiger partial charge is 0.408 e. The van der Waals surface area contributed by atoms with Crippen LogP contribution >= 0.6 is 0 Å². The highest BCUT2D eigenvalue weighted by Gasteiger charge is 2.10. The van der Waals surface area contributed by atoms with Crippen LogP contribution in [0.3, 0.4) is 0 Å². The van der Waals surface area contributed by atoms with Crippen molar-refractivity contribution in [3.8, 4) is 0 Å². The van der Waals surface area contributed by atoms with Crippen LogP contribution in [0.1, 0.15) is 29.6 Å². The SMILES string of the molecule is CCc1nn(C)cc1CNc1nnc(Cc2cccc(F)c2)o1. The van der Waals surface area contributed by atoms with E-state index < -0.39 is 0 Å². The zero-order chi connectivity index (χ0) is 16.2.